The molecule has 0 bridgehead atoms. The van der Waals surface area contributed by atoms with Gasteiger partial charge in [-0.2, -0.15) is 0 Å². The molecule has 0 aliphatic heterocycles. The van der Waals surface area contributed by atoms with Gasteiger partial charge in [0.15, 0.2) is 0 Å². The van der Waals surface area contributed by atoms with Crippen molar-refractivity contribution in [1.29, 1.82) is 0 Å². The molecule has 0 aromatic carbocycles. The highest BCUT2D eigenvalue weighted by Crippen LogP contribution is 1.94. The smallest absolute Gasteiger partial charge is 0.306 e. The Hall–Kier alpha value is -1.32. The first kappa shape index (κ1) is 11.7. The van der Waals surface area contributed by atoms with Gasteiger partial charge in [0.1, 0.15) is 6.61 Å². The lowest BCUT2D eigenvalue weighted by atomic mass is 10.3. The lowest BCUT2D eigenvalue weighted by Crippen LogP contribution is -2.02. The Morgan fingerprint density at radius 3 is 2.77 bits per heavy atom. The largest absolute Gasteiger partial charge is 0.466 e. The first-order valence-corrected chi connectivity index (χ1v) is 4.17. The fraction of sp³-hybridized carbons (Fsp3) is 0.556. The average Bonchev–Trinajstić information content (AvgIpc) is 2.11. The summed E-state index contributed by atoms with van der Waals surface area (Å²) in [5.74, 6) is -0.205. The van der Waals surface area contributed by atoms with Crippen LogP contribution in [0, 0.1) is 0 Å². The lowest BCUT2D eigenvalue weighted by molar-refractivity contribution is -0.143. The van der Waals surface area contributed by atoms with Gasteiger partial charge in [0.25, 0.3) is 6.47 Å². The van der Waals surface area contributed by atoms with Crippen molar-refractivity contribution in [2.24, 2.45) is 0 Å². The Bertz CT molecular complexity index is 174. The number of carbonyl (C=O) groups excluding carboxylic acids is 2. The van der Waals surface area contributed by atoms with Crippen LogP contribution in [0.3, 0.4) is 0 Å². The highest BCUT2D eigenvalue weighted by molar-refractivity contribution is 5.69. The maximum Gasteiger partial charge on any atom is 0.306 e. The zero-order valence-corrected chi connectivity index (χ0v) is 7.69. The minimum absolute atomic E-state index is 0.205. The summed E-state index contributed by atoms with van der Waals surface area (Å²) < 4.78 is 9.11. The maximum absolute atomic E-state index is 10.8. The van der Waals surface area contributed by atoms with Gasteiger partial charge in [-0.3, -0.25) is 9.59 Å². The number of ether oxygens (including phenoxy) is 2. The maximum atomic E-state index is 10.8. The van der Waals surface area contributed by atoms with E-state index < -0.39 is 0 Å². The number of carbonyl (C=O) groups is 2. The van der Waals surface area contributed by atoms with Crippen LogP contribution in [0.4, 0.5) is 0 Å². The van der Waals surface area contributed by atoms with E-state index in [-0.39, 0.29) is 12.6 Å². The molecule has 13 heavy (non-hydrogen) atoms. The quantitative estimate of drug-likeness (QED) is 0.258. The standard InChI is InChI=1S/C9H14O4/c1-2-13-9(11)6-4-3-5-7-12-8-10/h3,5,8H,2,4,6-7H2,1H3/b5-3+. The summed E-state index contributed by atoms with van der Waals surface area (Å²) in [6, 6.07) is 0. The Kier molecular flexibility index (Phi) is 7.88. The van der Waals surface area contributed by atoms with E-state index in [2.05, 4.69) is 4.74 Å². The van der Waals surface area contributed by atoms with E-state index in [1.807, 2.05) is 0 Å². The van der Waals surface area contributed by atoms with Crippen molar-refractivity contribution in [3.8, 4) is 0 Å². The molecule has 0 aromatic heterocycles. The second-order valence-corrected chi connectivity index (χ2v) is 2.24. The highest BCUT2D eigenvalue weighted by Gasteiger charge is 1.97. The molecule has 0 N–H and O–H groups in total. The molecule has 0 rings (SSSR count). The van der Waals surface area contributed by atoms with Crippen LogP contribution in [0.25, 0.3) is 0 Å². The predicted octanol–water partition coefficient (Wildman–Crippen LogP) is 1.06. The van der Waals surface area contributed by atoms with Crippen LogP contribution in [0.2, 0.25) is 0 Å². The van der Waals surface area contributed by atoms with Crippen LogP contribution < -0.4 is 0 Å². The normalized spacial score (nSPS) is 9.92. The minimum Gasteiger partial charge on any atom is -0.466 e. The molecule has 0 aliphatic rings. The number of allylic oxidation sites excluding steroid dienone is 1. The van der Waals surface area contributed by atoms with Crippen LogP contribution >= 0.6 is 0 Å². The molecule has 0 amide bonds. The van der Waals surface area contributed by atoms with Crippen molar-refractivity contribution in [3.63, 3.8) is 0 Å². The average molecular weight is 186 g/mol. The fourth-order valence-electron chi connectivity index (χ4n) is 0.715. The zero-order chi connectivity index (χ0) is 9.94. The second kappa shape index (κ2) is 8.77. The van der Waals surface area contributed by atoms with Crippen molar-refractivity contribution in [1.82, 2.24) is 0 Å². The van der Waals surface area contributed by atoms with Gasteiger partial charge >= 0.3 is 5.97 Å². The summed E-state index contributed by atoms with van der Waals surface area (Å²) >= 11 is 0. The lowest BCUT2D eigenvalue weighted by Gasteiger charge is -1.97. The molecule has 4 heteroatoms. The summed E-state index contributed by atoms with van der Waals surface area (Å²) in [7, 11) is 0. The van der Waals surface area contributed by atoms with E-state index in [1.165, 1.54) is 0 Å². The van der Waals surface area contributed by atoms with Crippen molar-refractivity contribution in [2.75, 3.05) is 13.2 Å². The van der Waals surface area contributed by atoms with Crippen molar-refractivity contribution >= 4 is 12.4 Å². The monoisotopic (exact) mass is 186 g/mol. The van der Waals surface area contributed by atoms with Gasteiger partial charge in [0.2, 0.25) is 0 Å². The summed E-state index contributed by atoms with van der Waals surface area (Å²) in [4.78, 5) is 20.5. The van der Waals surface area contributed by atoms with Crippen molar-refractivity contribution in [3.05, 3.63) is 12.2 Å². The predicted molar refractivity (Wildman–Crippen MR) is 47.0 cm³/mol. The van der Waals surface area contributed by atoms with Crippen LogP contribution in [-0.4, -0.2) is 25.7 Å². The first-order chi connectivity index (χ1) is 6.31. The molecule has 4 nitrogen and oxygen atoms in total. The molecule has 0 unspecified atom stereocenters. The Morgan fingerprint density at radius 1 is 1.38 bits per heavy atom. The topological polar surface area (TPSA) is 52.6 Å². The Morgan fingerprint density at radius 2 is 2.15 bits per heavy atom. The zero-order valence-electron chi connectivity index (χ0n) is 7.69. The van der Waals surface area contributed by atoms with Crippen LogP contribution in [0.5, 0.6) is 0 Å². The van der Waals surface area contributed by atoms with E-state index in [0.717, 1.165) is 0 Å². The molecular weight excluding hydrogens is 172 g/mol. The molecule has 0 aromatic rings. The van der Waals surface area contributed by atoms with Gasteiger partial charge in [-0.25, -0.2) is 0 Å². The number of esters is 1. The fourth-order valence-corrected chi connectivity index (χ4v) is 0.715. The molecule has 0 saturated heterocycles. The van der Waals surface area contributed by atoms with E-state index in [1.54, 1.807) is 19.1 Å². The molecule has 74 valence electrons. The van der Waals surface area contributed by atoms with E-state index in [4.69, 9.17) is 4.74 Å². The van der Waals surface area contributed by atoms with Crippen molar-refractivity contribution in [2.45, 2.75) is 19.8 Å². The van der Waals surface area contributed by atoms with Crippen LogP contribution in [-0.2, 0) is 19.1 Å². The molecule has 0 aliphatic carbocycles. The van der Waals surface area contributed by atoms with Gasteiger partial charge in [0.05, 0.1) is 6.61 Å². The summed E-state index contributed by atoms with van der Waals surface area (Å²) in [5.41, 5.74) is 0. The number of hydrogen-bond donors (Lipinski definition) is 0. The first-order valence-electron chi connectivity index (χ1n) is 4.17. The van der Waals surface area contributed by atoms with Crippen LogP contribution in [0.15, 0.2) is 12.2 Å². The third-order valence-corrected chi connectivity index (χ3v) is 1.25. The molecule has 0 spiro atoms. The third-order valence-electron chi connectivity index (χ3n) is 1.25. The summed E-state index contributed by atoms with van der Waals surface area (Å²) in [5, 5.41) is 0. The molecule has 0 atom stereocenters. The molecule has 0 radical (unpaired) electrons. The number of rotatable bonds is 7. The molecular formula is C9H14O4. The van der Waals surface area contributed by atoms with E-state index in [9.17, 15) is 9.59 Å². The van der Waals surface area contributed by atoms with E-state index >= 15 is 0 Å². The van der Waals surface area contributed by atoms with Gasteiger partial charge in [-0.05, 0) is 13.3 Å². The molecule has 0 fully saturated rings. The molecule has 0 heterocycles. The van der Waals surface area contributed by atoms with Gasteiger partial charge in [0, 0.05) is 6.42 Å². The van der Waals surface area contributed by atoms with Gasteiger partial charge < -0.3 is 9.47 Å². The van der Waals surface area contributed by atoms with Crippen molar-refractivity contribution < 1.29 is 19.1 Å². The number of hydrogen-bond acceptors (Lipinski definition) is 4. The Labute approximate surface area is 77.5 Å². The summed E-state index contributed by atoms with van der Waals surface area (Å²) in [6.07, 6.45) is 4.44. The van der Waals surface area contributed by atoms with Gasteiger partial charge in [-0.15, -0.1) is 0 Å². The van der Waals surface area contributed by atoms with Crippen LogP contribution in [0.1, 0.15) is 19.8 Å². The highest BCUT2D eigenvalue weighted by atomic mass is 16.5. The minimum atomic E-state index is -0.205. The second-order valence-electron chi connectivity index (χ2n) is 2.24. The Balaban J connectivity index is 3.27. The van der Waals surface area contributed by atoms with E-state index in [0.29, 0.717) is 25.9 Å². The SMILES string of the molecule is CCOC(=O)CC/C=C/COC=O. The third kappa shape index (κ3) is 8.59. The summed E-state index contributed by atoms with van der Waals surface area (Å²) in [6.45, 7) is 2.82. The van der Waals surface area contributed by atoms with Gasteiger partial charge in [-0.1, -0.05) is 12.2 Å². The molecule has 0 saturated carbocycles.